The number of nitrogens with zero attached hydrogens (tertiary/aromatic N) is 7. The first-order valence-corrected chi connectivity index (χ1v) is 31.7. The van der Waals surface area contributed by atoms with Crippen LogP contribution in [0.15, 0.2) is 25.2 Å². The van der Waals surface area contributed by atoms with Crippen LogP contribution in [0.25, 0.3) is 22.2 Å². The van der Waals surface area contributed by atoms with E-state index in [1.54, 1.807) is 4.57 Å². The molecule has 2 unspecified atom stereocenters. The molecule has 4 aliphatic rings. The molecule has 4 aromatic heterocycles. The van der Waals surface area contributed by atoms with Crippen LogP contribution in [0.2, 0.25) is 36.3 Å². The summed E-state index contributed by atoms with van der Waals surface area (Å²) in [7, 11) is -5.25. The predicted octanol–water partition coefficient (Wildman–Crippen LogP) is 5.95. The number of aromatic nitrogens is 7. The van der Waals surface area contributed by atoms with E-state index in [0.717, 1.165) is 36.2 Å². The van der Waals surface area contributed by atoms with Crippen molar-refractivity contribution in [1.82, 2.24) is 34.1 Å². The van der Waals surface area contributed by atoms with Crippen LogP contribution in [0.1, 0.15) is 71.7 Å². The van der Waals surface area contributed by atoms with E-state index < -0.39 is 79.2 Å². The Hall–Kier alpha value is -1.74. The summed E-state index contributed by atoms with van der Waals surface area (Å²) in [6, 6.07) is 0. The number of aliphatic hydroxyl groups excluding tert-OH is 1. The Morgan fingerprint density at radius 3 is 2.05 bits per heavy atom. The topological polar surface area (TPSA) is 221 Å². The number of nitrogens with one attached hydrogen (secondary N) is 1. The number of anilines is 1. The molecule has 10 atom stereocenters. The first kappa shape index (κ1) is 46.8. The normalized spacial score (nSPS) is 32.8. The summed E-state index contributed by atoms with van der Waals surface area (Å²) in [5.74, 6) is 0.733. The van der Waals surface area contributed by atoms with E-state index in [1.807, 2.05) is 10.8 Å². The van der Waals surface area contributed by atoms with Gasteiger partial charge in [0.05, 0.1) is 37.2 Å². The van der Waals surface area contributed by atoms with Crippen molar-refractivity contribution in [3.05, 3.63) is 36.4 Å². The lowest BCUT2D eigenvalue weighted by Crippen LogP contribution is -2.50. The SMILES string of the molecule is CC(C)(C)[Si](C)(C)O[C@@H]1[C@@H]2OP(O)(=S)OC[C@H]3O[C@@H](n4cnc5c(CO)ncnc54)[C@H](OP(O)(=S)OC[C@H]2O[C@H]1n1cc2c4c(ncnc41)NCCC2)[C@@H]3O[Si](C)(C)C(C)(C)C. The van der Waals surface area contributed by atoms with E-state index in [9.17, 15) is 14.9 Å². The number of fused-ring (bicyclic) bond motifs is 4. The van der Waals surface area contributed by atoms with Crippen molar-refractivity contribution in [2.45, 2.75) is 146 Å². The second-order valence-corrected chi connectivity index (χ2v) is 34.4. The van der Waals surface area contributed by atoms with Crippen molar-refractivity contribution < 1.29 is 51.3 Å². The molecule has 8 heterocycles. The van der Waals surface area contributed by atoms with Crippen molar-refractivity contribution in [2.24, 2.45) is 0 Å². The second kappa shape index (κ2) is 16.9. The quantitative estimate of drug-likeness (QED) is 0.124. The number of hydrogen-bond donors (Lipinski definition) is 4. The monoisotopic (exact) mass is 972 g/mol. The minimum atomic E-state index is -4.20. The third kappa shape index (κ3) is 8.93. The summed E-state index contributed by atoms with van der Waals surface area (Å²) >= 11 is 11.6. The lowest BCUT2D eigenvalue weighted by Gasteiger charge is -2.41. The molecule has 0 aromatic carbocycles. The van der Waals surface area contributed by atoms with E-state index in [-0.39, 0.29) is 29.9 Å². The molecule has 4 aliphatic heterocycles. The highest BCUT2D eigenvalue weighted by Crippen LogP contribution is 2.56. The van der Waals surface area contributed by atoms with Crippen molar-refractivity contribution in [1.29, 1.82) is 0 Å². The van der Waals surface area contributed by atoms with E-state index in [2.05, 4.69) is 93.0 Å². The lowest BCUT2D eigenvalue weighted by molar-refractivity contribution is -0.0604. The summed E-state index contributed by atoms with van der Waals surface area (Å²) in [6.45, 7) is 12.5. The number of aryl methyl sites for hydroxylation is 1. The molecule has 3 saturated heterocycles. The van der Waals surface area contributed by atoms with Crippen LogP contribution in [0, 0.1) is 0 Å². The molecule has 0 aliphatic carbocycles. The molecule has 0 saturated carbocycles. The van der Waals surface area contributed by atoms with Gasteiger partial charge in [0.15, 0.2) is 34.7 Å². The molecule has 19 nitrogen and oxygen atoms in total. The van der Waals surface area contributed by atoms with Gasteiger partial charge in [0.1, 0.15) is 66.3 Å². The molecule has 2 bridgehead atoms. The molecule has 62 heavy (non-hydrogen) atoms. The van der Waals surface area contributed by atoms with Gasteiger partial charge in [-0.3, -0.25) is 13.6 Å². The Labute approximate surface area is 373 Å². The van der Waals surface area contributed by atoms with Gasteiger partial charge in [0, 0.05) is 12.7 Å². The molecule has 0 spiro atoms. The van der Waals surface area contributed by atoms with Gasteiger partial charge in [0.2, 0.25) is 0 Å². The van der Waals surface area contributed by atoms with Crippen LogP contribution in [-0.4, -0.2) is 122 Å². The largest absolute Gasteiger partial charge is 0.408 e. The van der Waals surface area contributed by atoms with Crippen LogP contribution in [0.3, 0.4) is 0 Å². The average Bonchev–Trinajstić information content (AvgIpc) is 3.89. The van der Waals surface area contributed by atoms with Crippen molar-refractivity contribution in [2.75, 3.05) is 25.1 Å². The Morgan fingerprint density at radius 2 is 1.39 bits per heavy atom. The fourth-order valence-corrected chi connectivity index (χ4v) is 13.2. The maximum Gasteiger partial charge on any atom is 0.325 e. The Kier molecular flexibility index (Phi) is 12.7. The Balaban J connectivity index is 1.20. The Bertz CT molecular complexity index is 2420. The zero-order chi connectivity index (χ0) is 44.8. The highest BCUT2D eigenvalue weighted by Gasteiger charge is 2.57. The standard InChI is InChI=1S/C37H58N8O11P2S2Si2/c1-36(2,3)61(7,8)55-28-24-17-50-57(47,59)53-27-23(16-49-58(48,60)54-29(28)34(52-24)45-20-43-26-22(15-46)39-18-42-33(26)45)51-35(30(27)56-62(9,10)37(4,5)6)44-14-21-12-11-13-38-31-25(21)32(44)41-19-40-31/h14,18-20,23-24,27-30,34-35,46H,11-13,15-17H2,1-10H3,(H,47,59)(H,48,60)(H,38,40,41)/t23-,24-,27-,28-,29-,30-,34-,35-,57?,58?/m1/s1. The highest BCUT2D eigenvalue weighted by molar-refractivity contribution is 8.07. The van der Waals surface area contributed by atoms with Gasteiger partial charge in [-0.15, -0.1) is 0 Å². The Morgan fingerprint density at radius 1 is 0.790 bits per heavy atom. The fraction of sp³-hybridized carbons (Fsp3) is 0.703. The first-order valence-electron chi connectivity index (χ1n) is 20.7. The predicted molar refractivity (Wildman–Crippen MR) is 242 cm³/mol. The third-order valence-electron chi connectivity index (χ3n) is 13.1. The highest BCUT2D eigenvalue weighted by atomic mass is 32.5. The maximum absolute atomic E-state index is 12.1. The molecular weight excluding hydrogens is 915 g/mol. The van der Waals surface area contributed by atoms with Gasteiger partial charge in [0.25, 0.3) is 0 Å². The number of aliphatic hydroxyl groups is 1. The van der Waals surface area contributed by atoms with Crippen LogP contribution in [0.5, 0.6) is 0 Å². The van der Waals surface area contributed by atoms with Gasteiger partial charge in [-0.05, 0) is 78.3 Å². The van der Waals surface area contributed by atoms with Crippen LogP contribution >= 0.6 is 13.4 Å². The summed E-state index contributed by atoms with van der Waals surface area (Å²) in [5, 5.41) is 13.8. The summed E-state index contributed by atoms with van der Waals surface area (Å²) in [6.07, 6.45) is 0.154. The van der Waals surface area contributed by atoms with Gasteiger partial charge in [-0.25, -0.2) is 24.9 Å². The van der Waals surface area contributed by atoms with Crippen LogP contribution < -0.4 is 5.32 Å². The minimum Gasteiger partial charge on any atom is -0.408 e. The third-order valence-corrected chi connectivity index (χ3v) is 25.2. The zero-order valence-electron chi connectivity index (χ0n) is 36.6. The van der Waals surface area contributed by atoms with Gasteiger partial charge < -0.3 is 52.2 Å². The zero-order valence-corrected chi connectivity index (χ0v) is 42.0. The minimum absolute atomic E-state index is 0.242. The lowest BCUT2D eigenvalue weighted by atomic mass is 10.1. The van der Waals surface area contributed by atoms with Crippen molar-refractivity contribution >= 4 is 81.7 Å². The molecule has 4 aromatic rings. The number of imidazole rings is 1. The molecule has 25 heteroatoms. The summed E-state index contributed by atoms with van der Waals surface area (Å²) < 4.78 is 56.9. The number of hydrogen-bond acceptors (Lipinski definition) is 17. The van der Waals surface area contributed by atoms with Gasteiger partial charge in [-0.1, -0.05) is 41.5 Å². The van der Waals surface area contributed by atoms with E-state index in [4.69, 9.17) is 65.0 Å². The number of ether oxygens (including phenoxy) is 2. The van der Waals surface area contributed by atoms with Gasteiger partial charge in [-0.2, -0.15) is 0 Å². The summed E-state index contributed by atoms with van der Waals surface area (Å²) in [4.78, 5) is 46.5. The maximum atomic E-state index is 12.1. The van der Waals surface area contributed by atoms with Crippen molar-refractivity contribution in [3.8, 4) is 0 Å². The first-order chi connectivity index (χ1) is 28.9. The van der Waals surface area contributed by atoms with E-state index in [1.165, 1.54) is 19.0 Å². The molecule has 0 amide bonds. The molecular formula is C37H58N8O11P2S2Si2. The molecule has 3 fully saturated rings. The van der Waals surface area contributed by atoms with Crippen molar-refractivity contribution in [3.63, 3.8) is 0 Å². The van der Waals surface area contributed by atoms with Crippen LogP contribution in [0.4, 0.5) is 5.82 Å². The molecule has 4 N–H and O–H groups in total. The summed E-state index contributed by atoms with van der Waals surface area (Å²) in [5.41, 5.74) is 2.67. The fourth-order valence-electron chi connectivity index (χ4n) is 7.74. The van der Waals surface area contributed by atoms with Gasteiger partial charge >= 0.3 is 13.4 Å². The molecule has 0 radical (unpaired) electrons. The number of rotatable bonds is 7. The second-order valence-electron chi connectivity index (χ2n) is 19.3. The van der Waals surface area contributed by atoms with E-state index >= 15 is 0 Å². The van der Waals surface area contributed by atoms with E-state index in [0.29, 0.717) is 22.5 Å². The van der Waals surface area contributed by atoms with Crippen LogP contribution in [-0.2, 0) is 73.1 Å². The molecule has 342 valence electrons. The molecule has 8 rings (SSSR count). The smallest absolute Gasteiger partial charge is 0.325 e. The average molecular weight is 973 g/mol.